The third kappa shape index (κ3) is 3.37. The summed E-state index contributed by atoms with van der Waals surface area (Å²) in [7, 11) is 2.28. The van der Waals surface area contributed by atoms with E-state index in [4.69, 9.17) is 0 Å². The summed E-state index contributed by atoms with van der Waals surface area (Å²) >= 11 is 0. The molecule has 2 atom stereocenters. The van der Waals surface area contributed by atoms with Crippen LogP contribution >= 0.6 is 0 Å². The number of benzene rings is 1. The molecule has 0 spiro atoms. The van der Waals surface area contributed by atoms with Crippen LogP contribution in [-0.4, -0.2) is 31.6 Å². The molecule has 19 heavy (non-hydrogen) atoms. The summed E-state index contributed by atoms with van der Waals surface area (Å²) in [5.41, 5.74) is 4.35. The Morgan fingerprint density at radius 2 is 2.11 bits per heavy atom. The Morgan fingerprint density at radius 1 is 1.32 bits per heavy atom. The largest absolute Gasteiger partial charge is 0.317 e. The van der Waals surface area contributed by atoms with E-state index >= 15 is 0 Å². The third-order valence-electron chi connectivity index (χ3n) is 4.42. The van der Waals surface area contributed by atoms with Crippen LogP contribution in [0.15, 0.2) is 18.2 Å². The fourth-order valence-corrected chi connectivity index (χ4v) is 3.37. The van der Waals surface area contributed by atoms with Crippen molar-refractivity contribution in [3.8, 4) is 0 Å². The van der Waals surface area contributed by atoms with Crippen molar-refractivity contribution in [2.24, 2.45) is 5.92 Å². The van der Waals surface area contributed by atoms with Gasteiger partial charge in [0, 0.05) is 6.04 Å². The van der Waals surface area contributed by atoms with Crippen LogP contribution in [0.5, 0.6) is 0 Å². The molecule has 0 saturated carbocycles. The van der Waals surface area contributed by atoms with Crippen LogP contribution in [0.3, 0.4) is 0 Å². The molecule has 0 amide bonds. The summed E-state index contributed by atoms with van der Waals surface area (Å²) in [4.78, 5) is 2.55. The predicted molar refractivity (Wildman–Crippen MR) is 82.6 cm³/mol. The van der Waals surface area contributed by atoms with E-state index in [1.54, 1.807) is 0 Å². The minimum atomic E-state index is 0.577. The second kappa shape index (κ2) is 6.53. The second-order valence-corrected chi connectivity index (χ2v) is 6.00. The molecule has 1 aliphatic heterocycles. The molecule has 106 valence electrons. The van der Waals surface area contributed by atoms with E-state index in [9.17, 15) is 0 Å². The van der Waals surface area contributed by atoms with Gasteiger partial charge in [0.05, 0.1) is 0 Å². The van der Waals surface area contributed by atoms with E-state index in [0.29, 0.717) is 6.04 Å². The van der Waals surface area contributed by atoms with E-state index in [0.717, 1.165) is 19.0 Å². The van der Waals surface area contributed by atoms with Gasteiger partial charge in [-0.15, -0.1) is 0 Å². The minimum absolute atomic E-state index is 0.577. The van der Waals surface area contributed by atoms with Crippen molar-refractivity contribution in [3.05, 3.63) is 34.9 Å². The zero-order chi connectivity index (χ0) is 13.8. The lowest BCUT2D eigenvalue weighted by atomic mass is 9.82. The SMILES string of the molecule is CCNCC1CCCN(C)C1c1cc(C)ccc1C. The smallest absolute Gasteiger partial charge is 0.0388 e. The van der Waals surface area contributed by atoms with Crippen LogP contribution in [0, 0.1) is 19.8 Å². The van der Waals surface area contributed by atoms with Gasteiger partial charge >= 0.3 is 0 Å². The summed E-state index contributed by atoms with van der Waals surface area (Å²) in [6.07, 6.45) is 2.67. The molecule has 1 aromatic rings. The highest BCUT2D eigenvalue weighted by Gasteiger charge is 2.30. The highest BCUT2D eigenvalue weighted by atomic mass is 15.1. The van der Waals surface area contributed by atoms with Crippen LogP contribution in [0.4, 0.5) is 0 Å². The lowest BCUT2D eigenvalue weighted by molar-refractivity contribution is 0.119. The van der Waals surface area contributed by atoms with Gasteiger partial charge in [-0.1, -0.05) is 30.7 Å². The van der Waals surface area contributed by atoms with Crippen molar-refractivity contribution in [1.29, 1.82) is 0 Å². The van der Waals surface area contributed by atoms with Crippen LogP contribution in [-0.2, 0) is 0 Å². The van der Waals surface area contributed by atoms with E-state index in [1.807, 2.05) is 0 Å². The Hall–Kier alpha value is -0.860. The van der Waals surface area contributed by atoms with Crippen molar-refractivity contribution >= 4 is 0 Å². The van der Waals surface area contributed by atoms with Gasteiger partial charge in [-0.05, 0) is 70.4 Å². The maximum Gasteiger partial charge on any atom is 0.0388 e. The van der Waals surface area contributed by atoms with Gasteiger partial charge in [-0.25, -0.2) is 0 Å². The molecule has 2 nitrogen and oxygen atoms in total. The Balaban J connectivity index is 2.27. The number of nitrogens with zero attached hydrogens (tertiary/aromatic N) is 1. The lowest BCUT2D eigenvalue weighted by Crippen LogP contribution is -2.40. The highest BCUT2D eigenvalue weighted by molar-refractivity contribution is 5.33. The standard InChI is InChI=1S/C17H28N2/c1-5-18-12-15-7-6-10-19(4)17(15)16-11-13(2)8-9-14(16)3/h8-9,11,15,17-18H,5-7,10,12H2,1-4H3. The Kier molecular flexibility index (Phi) is 5.00. The van der Waals surface area contributed by atoms with Crippen LogP contribution in [0.1, 0.15) is 42.5 Å². The van der Waals surface area contributed by atoms with Gasteiger partial charge in [0.2, 0.25) is 0 Å². The normalized spacial score (nSPS) is 24.6. The van der Waals surface area contributed by atoms with Crippen molar-refractivity contribution in [3.63, 3.8) is 0 Å². The van der Waals surface area contributed by atoms with E-state index in [2.05, 4.69) is 56.2 Å². The summed E-state index contributed by atoms with van der Waals surface area (Å²) in [6.45, 7) is 10.1. The molecule has 1 heterocycles. The molecule has 1 aromatic carbocycles. The maximum absolute atomic E-state index is 3.55. The molecular weight excluding hydrogens is 232 g/mol. The lowest BCUT2D eigenvalue weighted by Gasteiger charge is -2.40. The van der Waals surface area contributed by atoms with E-state index in [1.165, 1.54) is 36.1 Å². The zero-order valence-corrected chi connectivity index (χ0v) is 12.9. The third-order valence-corrected chi connectivity index (χ3v) is 4.42. The van der Waals surface area contributed by atoms with Gasteiger partial charge in [0.25, 0.3) is 0 Å². The van der Waals surface area contributed by atoms with Crippen molar-refractivity contribution < 1.29 is 0 Å². The number of rotatable bonds is 4. The molecule has 0 radical (unpaired) electrons. The predicted octanol–water partition coefficient (Wildman–Crippen LogP) is 3.30. The number of hydrogen-bond acceptors (Lipinski definition) is 2. The number of nitrogens with one attached hydrogen (secondary N) is 1. The van der Waals surface area contributed by atoms with Gasteiger partial charge in [0.15, 0.2) is 0 Å². The van der Waals surface area contributed by atoms with Crippen molar-refractivity contribution in [1.82, 2.24) is 10.2 Å². The van der Waals surface area contributed by atoms with Gasteiger partial charge < -0.3 is 5.32 Å². The molecule has 1 aliphatic rings. The molecule has 2 rings (SSSR count). The quantitative estimate of drug-likeness (QED) is 0.893. The van der Waals surface area contributed by atoms with Crippen molar-refractivity contribution in [2.75, 3.05) is 26.7 Å². The summed E-state index contributed by atoms with van der Waals surface area (Å²) < 4.78 is 0. The van der Waals surface area contributed by atoms with Crippen LogP contribution in [0.25, 0.3) is 0 Å². The number of piperidine rings is 1. The molecule has 1 N–H and O–H groups in total. The van der Waals surface area contributed by atoms with Crippen LogP contribution < -0.4 is 5.32 Å². The minimum Gasteiger partial charge on any atom is -0.317 e. The molecule has 2 unspecified atom stereocenters. The molecule has 2 heteroatoms. The highest BCUT2D eigenvalue weighted by Crippen LogP contribution is 2.36. The molecule has 0 aromatic heterocycles. The Morgan fingerprint density at radius 3 is 2.84 bits per heavy atom. The first-order valence-electron chi connectivity index (χ1n) is 7.61. The van der Waals surface area contributed by atoms with Gasteiger partial charge in [-0.2, -0.15) is 0 Å². The number of likely N-dealkylation sites (tertiary alicyclic amines) is 1. The fraction of sp³-hybridized carbons (Fsp3) is 0.647. The summed E-state index contributed by atoms with van der Waals surface area (Å²) in [6, 6.07) is 7.46. The first kappa shape index (κ1) is 14.5. The molecule has 0 aliphatic carbocycles. The molecular formula is C17H28N2. The fourth-order valence-electron chi connectivity index (χ4n) is 3.37. The summed E-state index contributed by atoms with van der Waals surface area (Å²) in [5, 5.41) is 3.55. The van der Waals surface area contributed by atoms with E-state index in [-0.39, 0.29) is 0 Å². The Bertz CT molecular complexity index is 414. The average molecular weight is 260 g/mol. The molecule has 1 saturated heterocycles. The average Bonchev–Trinajstić information content (AvgIpc) is 2.39. The van der Waals surface area contributed by atoms with Gasteiger partial charge in [0.1, 0.15) is 0 Å². The monoisotopic (exact) mass is 260 g/mol. The van der Waals surface area contributed by atoms with E-state index < -0.39 is 0 Å². The zero-order valence-electron chi connectivity index (χ0n) is 12.9. The molecule has 1 fully saturated rings. The summed E-state index contributed by atoms with van der Waals surface area (Å²) in [5.74, 6) is 0.735. The molecule has 0 bridgehead atoms. The van der Waals surface area contributed by atoms with Gasteiger partial charge in [-0.3, -0.25) is 4.90 Å². The second-order valence-electron chi connectivity index (χ2n) is 6.00. The number of hydrogen-bond donors (Lipinski definition) is 1. The Labute approximate surface area is 118 Å². The van der Waals surface area contributed by atoms with Crippen LogP contribution in [0.2, 0.25) is 0 Å². The number of aryl methyl sites for hydroxylation is 2. The topological polar surface area (TPSA) is 15.3 Å². The van der Waals surface area contributed by atoms with Crippen molar-refractivity contribution in [2.45, 2.75) is 39.7 Å². The first-order chi connectivity index (χ1) is 9.13. The maximum atomic E-state index is 3.55. The first-order valence-corrected chi connectivity index (χ1v) is 7.61.